The zero-order chi connectivity index (χ0) is 21.3. The molecule has 29 heavy (non-hydrogen) atoms. The topological polar surface area (TPSA) is 67.9 Å². The molecule has 1 aliphatic rings. The Hall–Kier alpha value is -2.71. The normalized spacial score (nSPS) is 15.6. The molecule has 1 aliphatic heterocycles. The second-order valence-corrected chi connectivity index (χ2v) is 7.77. The minimum absolute atomic E-state index is 0.0364. The van der Waals surface area contributed by atoms with Gasteiger partial charge in [0.05, 0.1) is 19.9 Å². The van der Waals surface area contributed by atoms with Crippen LogP contribution in [0.2, 0.25) is 0 Å². The van der Waals surface area contributed by atoms with Crippen LogP contribution in [0.1, 0.15) is 16.7 Å². The van der Waals surface area contributed by atoms with Crippen LogP contribution in [-0.2, 0) is 9.59 Å². The van der Waals surface area contributed by atoms with E-state index >= 15 is 0 Å². The third-order valence-electron chi connectivity index (χ3n) is 4.37. The Morgan fingerprint density at radius 3 is 2.17 bits per heavy atom. The van der Waals surface area contributed by atoms with Crippen LogP contribution in [0.4, 0.5) is 5.69 Å². The first kappa shape index (κ1) is 21.0. The van der Waals surface area contributed by atoms with E-state index < -0.39 is 11.8 Å². The molecular formula is C21H19BrN2O4S. The Balaban J connectivity index is 2.08. The second-order valence-electron chi connectivity index (χ2n) is 6.53. The van der Waals surface area contributed by atoms with Crippen molar-refractivity contribution in [1.29, 1.82) is 0 Å². The van der Waals surface area contributed by atoms with Gasteiger partial charge in [0.15, 0.2) is 16.6 Å². The molecule has 1 fully saturated rings. The molecule has 0 bridgehead atoms. The summed E-state index contributed by atoms with van der Waals surface area (Å²) in [5.74, 6) is -0.0420. The minimum atomic E-state index is -0.553. The van der Waals surface area contributed by atoms with E-state index in [2.05, 4.69) is 21.2 Å². The molecule has 2 aromatic rings. The smallest absolute Gasteiger partial charge is 0.270 e. The third-order valence-corrected chi connectivity index (χ3v) is 5.34. The van der Waals surface area contributed by atoms with E-state index in [4.69, 9.17) is 21.7 Å². The second kappa shape index (κ2) is 8.34. The molecule has 0 unspecified atom stereocenters. The first-order valence-corrected chi connectivity index (χ1v) is 9.86. The van der Waals surface area contributed by atoms with Crippen molar-refractivity contribution in [3.05, 3.63) is 57.1 Å². The van der Waals surface area contributed by atoms with Crippen molar-refractivity contribution in [3.63, 3.8) is 0 Å². The van der Waals surface area contributed by atoms with Crippen LogP contribution in [0, 0.1) is 13.8 Å². The van der Waals surface area contributed by atoms with Crippen LogP contribution in [0.25, 0.3) is 6.08 Å². The summed E-state index contributed by atoms with van der Waals surface area (Å²) >= 11 is 8.71. The van der Waals surface area contributed by atoms with Crippen molar-refractivity contribution < 1.29 is 19.1 Å². The Bertz CT molecular complexity index is 1040. The number of rotatable bonds is 4. The van der Waals surface area contributed by atoms with Crippen LogP contribution in [0.15, 0.2) is 40.4 Å². The number of aryl methyl sites for hydroxylation is 2. The first-order valence-electron chi connectivity index (χ1n) is 8.66. The maximum Gasteiger partial charge on any atom is 0.270 e. The predicted octanol–water partition coefficient (Wildman–Crippen LogP) is 3.91. The largest absolute Gasteiger partial charge is 0.493 e. The lowest BCUT2D eigenvalue weighted by Crippen LogP contribution is -2.54. The predicted molar refractivity (Wildman–Crippen MR) is 119 cm³/mol. The van der Waals surface area contributed by atoms with Gasteiger partial charge in [-0.05, 0) is 73.1 Å². The number of hydrogen-bond donors (Lipinski definition) is 1. The molecule has 1 saturated heterocycles. The summed E-state index contributed by atoms with van der Waals surface area (Å²) in [6, 6.07) is 9.08. The van der Waals surface area contributed by atoms with Crippen molar-refractivity contribution in [3.8, 4) is 11.5 Å². The molecule has 0 saturated carbocycles. The van der Waals surface area contributed by atoms with E-state index in [0.717, 1.165) is 11.1 Å². The van der Waals surface area contributed by atoms with Crippen molar-refractivity contribution in [1.82, 2.24) is 5.32 Å². The van der Waals surface area contributed by atoms with Crippen LogP contribution < -0.4 is 19.7 Å². The highest BCUT2D eigenvalue weighted by Crippen LogP contribution is 2.35. The molecule has 2 aromatic carbocycles. The maximum absolute atomic E-state index is 13.2. The molecule has 0 aromatic heterocycles. The quantitative estimate of drug-likeness (QED) is 0.413. The summed E-state index contributed by atoms with van der Waals surface area (Å²) in [6.07, 6.45) is 1.50. The summed E-state index contributed by atoms with van der Waals surface area (Å²) in [4.78, 5) is 27.1. The lowest BCUT2D eigenvalue weighted by molar-refractivity contribution is -0.122. The summed E-state index contributed by atoms with van der Waals surface area (Å²) in [5.41, 5.74) is 3.14. The van der Waals surface area contributed by atoms with Crippen molar-refractivity contribution in [2.75, 3.05) is 19.1 Å². The van der Waals surface area contributed by atoms with Crippen molar-refractivity contribution >= 4 is 56.8 Å². The first-order chi connectivity index (χ1) is 13.7. The number of thiocarbonyl (C=S) groups is 1. The van der Waals surface area contributed by atoms with Gasteiger partial charge in [-0.15, -0.1) is 0 Å². The molecule has 0 spiro atoms. The zero-order valence-electron chi connectivity index (χ0n) is 16.3. The highest BCUT2D eigenvalue weighted by atomic mass is 79.9. The molecule has 6 nitrogen and oxygen atoms in total. The fourth-order valence-corrected chi connectivity index (χ4v) is 3.83. The van der Waals surface area contributed by atoms with Crippen LogP contribution in [0.3, 0.4) is 0 Å². The Kier molecular flexibility index (Phi) is 6.04. The highest BCUT2D eigenvalue weighted by molar-refractivity contribution is 9.10. The molecule has 150 valence electrons. The van der Waals surface area contributed by atoms with Crippen LogP contribution in [0.5, 0.6) is 11.5 Å². The average molecular weight is 475 g/mol. The summed E-state index contributed by atoms with van der Waals surface area (Å²) in [7, 11) is 3.05. The lowest BCUT2D eigenvalue weighted by Gasteiger charge is -2.29. The molecule has 3 rings (SSSR count). The number of nitrogens with zero attached hydrogens (tertiary/aromatic N) is 1. The molecule has 1 heterocycles. The number of methoxy groups -OCH3 is 2. The molecule has 0 radical (unpaired) electrons. The number of benzene rings is 2. The number of nitrogens with one attached hydrogen (secondary N) is 1. The third kappa shape index (κ3) is 4.18. The van der Waals surface area contributed by atoms with Gasteiger partial charge in [-0.25, -0.2) is 0 Å². The lowest BCUT2D eigenvalue weighted by atomic mass is 10.1. The highest BCUT2D eigenvalue weighted by Gasteiger charge is 2.34. The zero-order valence-corrected chi connectivity index (χ0v) is 18.7. The fraction of sp³-hybridized carbons (Fsp3) is 0.190. The Labute approximate surface area is 182 Å². The fourth-order valence-electron chi connectivity index (χ4n) is 3.11. The van der Waals surface area contributed by atoms with Gasteiger partial charge in [-0.2, -0.15) is 0 Å². The van der Waals surface area contributed by atoms with Gasteiger partial charge in [0.2, 0.25) is 0 Å². The van der Waals surface area contributed by atoms with E-state index in [1.54, 1.807) is 12.1 Å². The standard InChI is InChI=1S/C21H19BrN2O4S/c1-11-5-12(2)7-14(6-11)24-20(26)15(19(25)23-21(24)29)8-13-9-17(27-3)18(28-4)10-16(13)22/h5-10H,1-4H3,(H,23,25,29). The van der Waals surface area contributed by atoms with E-state index in [0.29, 0.717) is 27.2 Å². The molecule has 8 heteroatoms. The number of amides is 2. The Morgan fingerprint density at radius 1 is 1.00 bits per heavy atom. The van der Waals surface area contributed by atoms with Crippen molar-refractivity contribution in [2.45, 2.75) is 13.8 Å². The SMILES string of the molecule is COc1cc(Br)c(C=C2C(=O)NC(=S)N(c3cc(C)cc(C)c3)C2=O)cc1OC. The van der Waals surface area contributed by atoms with Gasteiger partial charge in [0.1, 0.15) is 5.57 Å². The average Bonchev–Trinajstić information content (AvgIpc) is 2.64. The minimum Gasteiger partial charge on any atom is -0.493 e. The summed E-state index contributed by atoms with van der Waals surface area (Å²) in [6.45, 7) is 3.87. The van der Waals surface area contributed by atoms with Gasteiger partial charge < -0.3 is 9.47 Å². The molecule has 1 N–H and O–H groups in total. The number of carbonyl (C=O) groups is 2. The van der Waals surface area contributed by atoms with E-state index in [-0.39, 0.29) is 10.7 Å². The maximum atomic E-state index is 13.2. The molecule has 0 atom stereocenters. The van der Waals surface area contributed by atoms with Crippen LogP contribution in [-0.4, -0.2) is 31.1 Å². The van der Waals surface area contributed by atoms with Gasteiger partial charge in [0, 0.05) is 4.47 Å². The number of carbonyl (C=O) groups excluding carboxylic acids is 2. The molecule has 0 aliphatic carbocycles. The van der Waals surface area contributed by atoms with Gasteiger partial charge in [-0.3, -0.25) is 19.8 Å². The van der Waals surface area contributed by atoms with Gasteiger partial charge in [-0.1, -0.05) is 22.0 Å². The van der Waals surface area contributed by atoms with Gasteiger partial charge in [0.25, 0.3) is 11.8 Å². The number of anilines is 1. The number of ether oxygens (including phenoxy) is 2. The van der Waals surface area contributed by atoms with Gasteiger partial charge >= 0.3 is 0 Å². The monoisotopic (exact) mass is 474 g/mol. The van der Waals surface area contributed by atoms with E-state index in [1.165, 1.54) is 25.2 Å². The number of halogens is 1. The molecular weight excluding hydrogens is 456 g/mol. The summed E-state index contributed by atoms with van der Waals surface area (Å²) in [5, 5.41) is 2.65. The van der Waals surface area contributed by atoms with Crippen molar-refractivity contribution in [2.24, 2.45) is 0 Å². The number of hydrogen-bond acceptors (Lipinski definition) is 5. The van der Waals surface area contributed by atoms with E-state index in [9.17, 15) is 9.59 Å². The summed E-state index contributed by atoms with van der Waals surface area (Å²) < 4.78 is 11.2. The van der Waals surface area contributed by atoms with Crippen LogP contribution >= 0.6 is 28.1 Å². The van der Waals surface area contributed by atoms with E-state index in [1.807, 2.05) is 32.0 Å². The Morgan fingerprint density at radius 2 is 1.59 bits per heavy atom. The molecule has 2 amide bonds.